The van der Waals surface area contributed by atoms with Gasteiger partial charge in [-0.05, 0) is 29.9 Å². The summed E-state index contributed by atoms with van der Waals surface area (Å²) in [5, 5.41) is 3.76. The van der Waals surface area contributed by atoms with Gasteiger partial charge in [0.15, 0.2) is 0 Å². The summed E-state index contributed by atoms with van der Waals surface area (Å²) in [6.07, 6.45) is 3.07. The third-order valence-electron chi connectivity index (χ3n) is 4.68. The molecule has 0 radical (unpaired) electrons. The van der Waals surface area contributed by atoms with Crippen LogP contribution < -0.4 is 10.2 Å². The fourth-order valence-electron chi connectivity index (χ4n) is 3.42. The number of ether oxygens (including phenoxy) is 1. The van der Waals surface area contributed by atoms with Gasteiger partial charge in [0, 0.05) is 42.3 Å². The number of hydrogen-bond acceptors (Lipinski definition) is 5. The second-order valence-electron chi connectivity index (χ2n) is 6.19. The number of thioether (sulfide) groups is 1. The minimum absolute atomic E-state index is 0.431. The largest absolute Gasteiger partial charge is 0.378 e. The highest BCUT2D eigenvalue weighted by molar-refractivity contribution is 7.99. The summed E-state index contributed by atoms with van der Waals surface area (Å²) >= 11 is 1.97. The first-order chi connectivity index (χ1) is 11.9. The van der Waals surface area contributed by atoms with Gasteiger partial charge in [-0.25, -0.2) is 4.98 Å². The normalized spacial score (nSPS) is 20.7. The predicted octanol–water partition coefficient (Wildman–Crippen LogP) is 3.24. The molecule has 0 saturated carbocycles. The number of fused-ring (bicyclic) bond motifs is 1. The number of nitrogens with one attached hydrogen (secondary N) is 1. The molecular weight excluding hydrogens is 318 g/mol. The Bertz CT molecular complexity index is 688. The average molecular weight is 341 g/mol. The van der Waals surface area contributed by atoms with Gasteiger partial charge in [0.05, 0.1) is 13.2 Å². The van der Waals surface area contributed by atoms with Crippen molar-refractivity contribution in [1.82, 2.24) is 10.3 Å². The van der Waals surface area contributed by atoms with Gasteiger partial charge in [-0.3, -0.25) is 0 Å². The van der Waals surface area contributed by atoms with E-state index in [-0.39, 0.29) is 0 Å². The Balaban J connectivity index is 1.49. The number of aromatic nitrogens is 1. The first-order valence-electron chi connectivity index (χ1n) is 8.63. The van der Waals surface area contributed by atoms with Crippen LogP contribution in [0, 0.1) is 0 Å². The first-order valence-corrected chi connectivity index (χ1v) is 9.62. The van der Waals surface area contributed by atoms with E-state index in [1.807, 2.05) is 24.0 Å². The molecule has 4 rings (SSSR count). The van der Waals surface area contributed by atoms with Gasteiger partial charge in [-0.1, -0.05) is 24.3 Å². The summed E-state index contributed by atoms with van der Waals surface area (Å²) in [5.41, 5.74) is 2.71. The monoisotopic (exact) mass is 341 g/mol. The van der Waals surface area contributed by atoms with Crippen LogP contribution in [0.15, 0.2) is 47.5 Å². The summed E-state index contributed by atoms with van der Waals surface area (Å²) in [4.78, 5) is 8.39. The summed E-state index contributed by atoms with van der Waals surface area (Å²) in [5.74, 6) is 2.28. The van der Waals surface area contributed by atoms with E-state index >= 15 is 0 Å². The molecule has 1 aromatic carbocycles. The lowest BCUT2D eigenvalue weighted by atomic mass is 10.0. The SMILES string of the molecule is c1cnc(N2CCOCC2)c(CN[C@@H]2CCSc3ccccc32)c1. The Morgan fingerprint density at radius 1 is 1.17 bits per heavy atom. The minimum atomic E-state index is 0.431. The Morgan fingerprint density at radius 2 is 2.04 bits per heavy atom. The molecule has 3 heterocycles. The molecule has 0 bridgehead atoms. The molecule has 126 valence electrons. The van der Waals surface area contributed by atoms with E-state index in [1.54, 1.807) is 0 Å². The topological polar surface area (TPSA) is 37.4 Å². The molecule has 1 saturated heterocycles. The van der Waals surface area contributed by atoms with Crippen LogP contribution in [0.4, 0.5) is 5.82 Å². The van der Waals surface area contributed by atoms with Gasteiger partial charge < -0.3 is 15.0 Å². The molecule has 0 aliphatic carbocycles. The highest BCUT2D eigenvalue weighted by atomic mass is 32.2. The van der Waals surface area contributed by atoms with E-state index in [1.165, 1.54) is 28.2 Å². The van der Waals surface area contributed by atoms with Crippen molar-refractivity contribution in [3.8, 4) is 0 Å². The third-order valence-corrected chi connectivity index (χ3v) is 5.80. The van der Waals surface area contributed by atoms with E-state index in [0.29, 0.717) is 6.04 Å². The zero-order valence-electron chi connectivity index (χ0n) is 13.8. The molecule has 2 aliphatic rings. The standard InChI is InChI=1S/C19H23N3OS/c1-2-6-18-16(5-1)17(7-13-24-18)21-14-15-4-3-8-20-19(15)22-9-11-23-12-10-22/h1-6,8,17,21H,7,9-14H2/t17-/m1/s1. The molecule has 1 aromatic heterocycles. The van der Waals surface area contributed by atoms with E-state index in [2.05, 4.69) is 45.5 Å². The molecule has 1 N–H and O–H groups in total. The molecule has 24 heavy (non-hydrogen) atoms. The minimum Gasteiger partial charge on any atom is -0.378 e. The molecule has 2 aromatic rings. The van der Waals surface area contributed by atoms with Crippen molar-refractivity contribution in [2.45, 2.75) is 23.9 Å². The van der Waals surface area contributed by atoms with Crippen LogP contribution in [0.3, 0.4) is 0 Å². The number of anilines is 1. The van der Waals surface area contributed by atoms with E-state index in [4.69, 9.17) is 4.74 Å². The van der Waals surface area contributed by atoms with E-state index in [9.17, 15) is 0 Å². The van der Waals surface area contributed by atoms with Crippen molar-refractivity contribution < 1.29 is 4.74 Å². The van der Waals surface area contributed by atoms with Crippen LogP contribution in [0.25, 0.3) is 0 Å². The van der Waals surface area contributed by atoms with Crippen molar-refractivity contribution in [1.29, 1.82) is 0 Å². The maximum absolute atomic E-state index is 5.47. The summed E-state index contributed by atoms with van der Waals surface area (Å²) < 4.78 is 5.47. The quantitative estimate of drug-likeness (QED) is 0.924. The van der Waals surface area contributed by atoms with E-state index in [0.717, 1.165) is 38.7 Å². The molecule has 0 amide bonds. The smallest absolute Gasteiger partial charge is 0.133 e. The lowest BCUT2D eigenvalue weighted by molar-refractivity contribution is 0.122. The number of hydrogen-bond donors (Lipinski definition) is 1. The number of nitrogens with zero attached hydrogens (tertiary/aromatic N) is 2. The Morgan fingerprint density at radius 3 is 2.96 bits per heavy atom. The lowest BCUT2D eigenvalue weighted by Crippen LogP contribution is -2.37. The van der Waals surface area contributed by atoms with Crippen LogP contribution in [0.2, 0.25) is 0 Å². The molecule has 2 aliphatic heterocycles. The van der Waals surface area contributed by atoms with Gasteiger partial charge >= 0.3 is 0 Å². The zero-order chi connectivity index (χ0) is 16.2. The van der Waals surface area contributed by atoms with Crippen LogP contribution in [0.1, 0.15) is 23.6 Å². The third kappa shape index (κ3) is 3.43. The molecule has 4 nitrogen and oxygen atoms in total. The Kier molecular flexibility index (Phi) is 5.02. The van der Waals surface area contributed by atoms with Crippen molar-refractivity contribution in [3.63, 3.8) is 0 Å². The molecule has 1 fully saturated rings. The molecular formula is C19H23N3OS. The summed E-state index contributed by atoms with van der Waals surface area (Å²) in [6.45, 7) is 4.28. The maximum Gasteiger partial charge on any atom is 0.133 e. The molecule has 5 heteroatoms. The van der Waals surface area contributed by atoms with Crippen molar-refractivity contribution >= 4 is 17.6 Å². The van der Waals surface area contributed by atoms with Gasteiger partial charge in [0.2, 0.25) is 0 Å². The zero-order valence-corrected chi connectivity index (χ0v) is 14.6. The summed E-state index contributed by atoms with van der Waals surface area (Å²) in [7, 11) is 0. The summed E-state index contributed by atoms with van der Waals surface area (Å²) in [6, 6.07) is 13.4. The van der Waals surface area contributed by atoms with Gasteiger partial charge in [0.25, 0.3) is 0 Å². The number of pyridine rings is 1. The maximum atomic E-state index is 5.47. The Labute approximate surface area is 147 Å². The van der Waals surface area contributed by atoms with Gasteiger partial charge in [-0.15, -0.1) is 11.8 Å². The Hall–Kier alpha value is -1.56. The fraction of sp³-hybridized carbons (Fsp3) is 0.421. The number of benzene rings is 1. The van der Waals surface area contributed by atoms with Crippen molar-refractivity contribution in [2.75, 3.05) is 37.0 Å². The van der Waals surface area contributed by atoms with Crippen LogP contribution in [0.5, 0.6) is 0 Å². The second kappa shape index (κ2) is 7.55. The second-order valence-corrected chi connectivity index (χ2v) is 7.33. The average Bonchev–Trinajstić information content (AvgIpc) is 2.67. The number of morpholine rings is 1. The fourth-order valence-corrected chi connectivity index (χ4v) is 4.54. The van der Waals surface area contributed by atoms with Gasteiger partial charge in [0.1, 0.15) is 5.82 Å². The predicted molar refractivity (Wildman–Crippen MR) is 98.6 cm³/mol. The van der Waals surface area contributed by atoms with Crippen molar-refractivity contribution in [3.05, 3.63) is 53.7 Å². The number of rotatable bonds is 4. The lowest BCUT2D eigenvalue weighted by Gasteiger charge is -2.30. The highest BCUT2D eigenvalue weighted by Gasteiger charge is 2.21. The van der Waals surface area contributed by atoms with Crippen LogP contribution in [-0.4, -0.2) is 37.0 Å². The first kappa shape index (κ1) is 15.9. The molecule has 0 spiro atoms. The molecule has 1 atom stereocenters. The van der Waals surface area contributed by atoms with Crippen LogP contribution in [-0.2, 0) is 11.3 Å². The molecule has 0 unspecified atom stereocenters. The van der Waals surface area contributed by atoms with Crippen molar-refractivity contribution in [2.24, 2.45) is 0 Å². The highest BCUT2D eigenvalue weighted by Crippen LogP contribution is 2.36. The van der Waals surface area contributed by atoms with E-state index < -0.39 is 0 Å². The van der Waals surface area contributed by atoms with Gasteiger partial charge in [-0.2, -0.15) is 0 Å². The van der Waals surface area contributed by atoms with Crippen LogP contribution >= 0.6 is 11.8 Å².